The molecule has 2 aromatic carbocycles. The zero-order chi connectivity index (χ0) is 25.8. The van der Waals surface area contributed by atoms with Gasteiger partial charge < -0.3 is 10.2 Å². The highest BCUT2D eigenvalue weighted by molar-refractivity contribution is 5.95. The Balaban J connectivity index is 1.60. The molecule has 2 atom stereocenters. The summed E-state index contributed by atoms with van der Waals surface area (Å²) in [6, 6.07) is 10.6. The number of carbonyl (C=O) groups excluding carboxylic acids is 3. The number of hydrogen-bond donors (Lipinski definition) is 1. The number of hydrogen-bond acceptors (Lipinski definition) is 3. The van der Waals surface area contributed by atoms with Crippen LogP contribution in [0.4, 0.5) is 8.78 Å². The third-order valence-electron chi connectivity index (χ3n) is 7.98. The standard InChI is InChI=1S/C29H34F2N2O3/c1-3-18-9-11-20(12-10-18)29(36)33-14-13-22(19-7-5-4-6-8-19)27(33)26(34)16-21-15-25(31)23(17-24(21)30)28(35)32-2/h4-8,15,17-18,20,22,27H,3,9-14,16H2,1-2H3,(H,32,35)/t18?,20?,22-,27+/m1/s1. The zero-order valence-electron chi connectivity index (χ0n) is 20.9. The molecule has 2 aliphatic rings. The molecule has 36 heavy (non-hydrogen) atoms. The third kappa shape index (κ3) is 5.35. The van der Waals surface area contributed by atoms with Crippen LogP contribution in [-0.4, -0.2) is 42.1 Å². The zero-order valence-corrected chi connectivity index (χ0v) is 20.9. The summed E-state index contributed by atoms with van der Waals surface area (Å²) in [5.41, 5.74) is 0.441. The molecule has 0 unspecified atom stereocenters. The highest BCUT2D eigenvalue weighted by Crippen LogP contribution is 2.38. The summed E-state index contributed by atoms with van der Waals surface area (Å²) in [7, 11) is 1.33. The van der Waals surface area contributed by atoms with Crippen LogP contribution in [0, 0.1) is 23.5 Å². The van der Waals surface area contributed by atoms with Gasteiger partial charge in [0.15, 0.2) is 5.78 Å². The lowest BCUT2D eigenvalue weighted by molar-refractivity contribution is -0.142. The average molecular weight is 497 g/mol. The topological polar surface area (TPSA) is 66.5 Å². The van der Waals surface area contributed by atoms with E-state index in [1.54, 1.807) is 4.90 Å². The molecule has 7 heteroatoms. The van der Waals surface area contributed by atoms with E-state index in [2.05, 4.69) is 12.2 Å². The van der Waals surface area contributed by atoms with Gasteiger partial charge in [-0.2, -0.15) is 0 Å². The first-order valence-electron chi connectivity index (χ1n) is 12.9. The maximum Gasteiger partial charge on any atom is 0.254 e. The molecular formula is C29H34F2N2O3. The summed E-state index contributed by atoms with van der Waals surface area (Å²) in [5, 5.41) is 2.28. The normalized spacial score (nSPS) is 23.9. The molecule has 0 bridgehead atoms. The molecular weight excluding hydrogens is 462 g/mol. The number of nitrogens with zero attached hydrogens (tertiary/aromatic N) is 1. The number of nitrogens with one attached hydrogen (secondary N) is 1. The summed E-state index contributed by atoms with van der Waals surface area (Å²) < 4.78 is 29.4. The Hall–Kier alpha value is -3.09. The van der Waals surface area contributed by atoms with Crippen LogP contribution >= 0.6 is 0 Å². The van der Waals surface area contributed by atoms with Gasteiger partial charge in [0.1, 0.15) is 11.6 Å². The van der Waals surface area contributed by atoms with Crippen molar-refractivity contribution in [2.75, 3.05) is 13.6 Å². The van der Waals surface area contributed by atoms with Gasteiger partial charge in [0, 0.05) is 31.8 Å². The molecule has 1 saturated carbocycles. The quantitative estimate of drug-likeness (QED) is 0.584. The molecule has 0 aromatic heterocycles. The minimum atomic E-state index is -0.884. The number of ketones is 1. The lowest BCUT2D eigenvalue weighted by atomic mass is 9.80. The van der Waals surface area contributed by atoms with Gasteiger partial charge in [-0.25, -0.2) is 8.78 Å². The van der Waals surface area contributed by atoms with Crippen LogP contribution in [-0.2, 0) is 16.0 Å². The number of carbonyl (C=O) groups is 3. The fourth-order valence-corrected chi connectivity index (χ4v) is 5.86. The minimum absolute atomic E-state index is 0.00273. The second-order valence-corrected chi connectivity index (χ2v) is 10.1. The molecule has 4 rings (SSSR count). The Bertz CT molecular complexity index is 1110. The van der Waals surface area contributed by atoms with Crippen LogP contribution in [0.2, 0.25) is 0 Å². The Morgan fingerprint density at radius 2 is 1.67 bits per heavy atom. The molecule has 1 aliphatic carbocycles. The number of likely N-dealkylation sites (tertiary alicyclic amines) is 1. The first-order valence-corrected chi connectivity index (χ1v) is 12.9. The largest absolute Gasteiger partial charge is 0.355 e. The average Bonchev–Trinajstić information content (AvgIpc) is 3.35. The van der Waals surface area contributed by atoms with Crippen LogP contribution < -0.4 is 5.32 Å². The van der Waals surface area contributed by atoms with E-state index in [1.165, 1.54) is 7.05 Å². The Kier molecular flexibility index (Phi) is 8.17. The molecule has 1 aliphatic heterocycles. The van der Waals surface area contributed by atoms with E-state index in [1.807, 2.05) is 30.3 Å². The monoisotopic (exact) mass is 496 g/mol. The van der Waals surface area contributed by atoms with Crippen LogP contribution in [0.25, 0.3) is 0 Å². The Morgan fingerprint density at radius 1 is 0.972 bits per heavy atom. The number of Topliss-reactive ketones (excluding diaryl/α,β-unsaturated/α-hetero) is 1. The molecule has 0 spiro atoms. The minimum Gasteiger partial charge on any atom is -0.355 e. The van der Waals surface area contributed by atoms with Gasteiger partial charge in [0.05, 0.1) is 11.6 Å². The first-order chi connectivity index (χ1) is 17.3. The van der Waals surface area contributed by atoms with Gasteiger partial charge in [-0.3, -0.25) is 14.4 Å². The molecule has 2 amide bonds. The number of benzene rings is 2. The van der Waals surface area contributed by atoms with Gasteiger partial charge in [-0.15, -0.1) is 0 Å². The predicted molar refractivity (Wildman–Crippen MR) is 133 cm³/mol. The third-order valence-corrected chi connectivity index (χ3v) is 7.98. The van der Waals surface area contributed by atoms with Crippen molar-refractivity contribution in [3.05, 3.63) is 70.8 Å². The summed E-state index contributed by atoms with van der Waals surface area (Å²) in [4.78, 5) is 40.8. The fraction of sp³-hybridized carbons (Fsp3) is 0.483. The van der Waals surface area contributed by atoms with E-state index in [0.717, 1.165) is 49.8 Å². The number of halogens is 2. The first kappa shape index (κ1) is 26.0. The highest BCUT2D eigenvalue weighted by atomic mass is 19.1. The van der Waals surface area contributed by atoms with E-state index in [9.17, 15) is 23.2 Å². The molecule has 1 saturated heterocycles. The summed E-state index contributed by atoms with van der Waals surface area (Å²) in [5.74, 6) is -2.40. The smallest absolute Gasteiger partial charge is 0.254 e. The Morgan fingerprint density at radius 3 is 2.31 bits per heavy atom. The molecule has 2 aromatic rings. The van der Waals surface area contributed by atoms with Gasteiger partial charge in [0.2, 0.25) is 5.91 Å². The van der Waals surface area contributed by atoms with Crippen molar-refractivity contribution >= 4 is 17.6 Å². The van der Waals surface area contributed by atoms with E-state index in [-0.39, 0.29) is 35.5 Å². The van der Waals surface area contributed by atoms with Crippen molar-refractivity contribution in [3.8, 4) is 0 Å². The maximum atomic E-state index is 14.8. The fourth-order valence-electron chi connectivity index (χ4n) is 5.86. The molecule has 1 heterocycles. The summed E-state index contributed by atoms with van der Waals surface area (Å²) in [6.07, 6.45) is 5.09. The second kappa shape index (κ2) is 11.3. The highest BCUT2D eigenvalue weighted by Gasteiger charge is 2.44. The molecule has 2 fully saturated rings. The van der Waals surface area contributed by atoms with Crippen LogP contribution in [0.3, 0.4) is 0 Å². The van der Waals surface area contributed by atoms with Crippen molar-refractivity contribution < 1.29 is 23.2 Å². The van der Waals surface area contributed by atoms with E-state index >= 15 is 0 Å². The van der Waals surface area contributed by atoms with Crippen LogP contribution in [0.5, 0.6) is 0 Å². The van der Waals surface area contributed by atoms with Crippen molar-refractivity contribution in [1.82, 2.24) is 10.2 Å². The van der Waals surface area contributed by atoms with Gasteiger partial charge in [-0.1, -0.05) is 43.7 Å². The second-order valence-electron chi connectivity index (χ2n) is 10.1. The number of rotatable bonds is 7. The van der Waals surface area contributed by atoms with Crippen molar-refractivity contribution in [1.29, 1.82) is 0 Å². The van der Waals surface area contributed by atoms with E-state index in [4.69, 9.17) is 0 Å². The van der Waals surface area contributed by atoms with Gasteiger partial charge in [0.25, 0.3) is 5.91 Å². The van der Waals surface area contributed by atoms with E-state index in [0.29, 0.717) is 18.9 Å². The molecule has 1 N–H and O–H groups in total. The van der Waals surface area contributed by atoms with Crippen LogP contribution in [0.15, 0.2) is 42.5 Å². The van der Waals surface area contributed by atoms with Gasteiger partial charge >= 0.3 is 0 Å². The van der Waals surface area contributed by atoms with Gasteiger partial charge in [-0.05, 0) is 61.3 Å². The lowest BCUT2D eigenvalue weighted by Crippen LogP contribution is -2.46. The Labute approximate surface area is 211 Å². The van der Waals surface area contributed by atoms with Crippen LogP contribution in [0.1, 0.15) is 72.9 Å². The van der Waals surface area contributed by atoms with E-state index < -0.39 is 29.1 Å². The SMILES string of the molecule is CCC1CCC(C(=O)N2CC[C@H](c3ccccc3)[C@H]2C(=O)Cc2cc(F)c(C(=O)NC)cc2F)CC1. The van der Waals surface area contributed by atoms with Crippen molar-refractivity contribution in [2.45, 2.75) is 63.8 Å². The maximum absolute atomic E-state index is 14.8. The summed E-state index contributed by atoms with van der Waals surface area (Å²) in [6.45, 7) is 2.64. The number of amides is 2. The summed E-state index contributed by atoms with van der Waals surface area (Å²) >= 11 is 0. The lowest BCUT2D eigenvalue weighted by Gasteiger charge is -2.33. The van der Waals surface area contributed by atoms with Crippen molar-refractivity contribution in [2.24, 2.45) is 11.8 Å². The van der Waals surface area contributed by atoms with Crippen molar-refractivity contribution in [3.63, 3.8) is 0 Å². The molecule has 5 nitrogen and oxygen atoms in total. The molecule has 192 valence electrons. The predicted octanol–water partition coefficient (Wildman–Crippen LogP) is 5.04. The molecule has 0 radical (unpaired) electrons.